The standard InChI is InChI=1S/C92H132N8O8.4F6P/c1-9-17-25-33-41-93-45-49-97(61-93)57-81-85-73-53-74-70(38-30-22-14-6)76-55-78-72(40-32-24-16-8)80-56-79-71(39-31-23-15-7)77-54-75(69(73)37-29-21-13-5)87(103-65-101-85)82(58-98-50-46-94(62-98)42-34-26-18-10-2)89(77)105-67-107-91(79)84(60-100-52-48-96(64-100)44-36-28-20-12-4)92(80)108-68-106-90(78)83(88(76)104-66-102-86(74)81)59-99-51-47-95(63-99)43-35-27-19-11-3;4*1-7(2,3,4,5)6/h45-56,61-64,69-72H,9-44,57-60,65-68H2,1-8H3;;;;/q+4;4*-1. The Morgan fingerprint density at radius 3 is 0.522 bits per heavy atom. The summed E-state index contributed by atoms with van der Waals surface area (Å²) in [4.78, 5) is 0. The van der Waals surface area contributed by atoms with E-state index in [1.165, 1.54) is 122 Å². The second kappa shape index (κ2) is 43.3. The van der Waals surface area contributed by atoms with E-state index in [1.807, 2.05) is 0 Å². The third-order valence-corrected chi connectivity index (χ3v) is 24.0. The van der Waals surface area contributed by atoms with Crippen molar-refractivity contribution >= 4 is 31.2 Å². The van der Waals surface area contributed by atoms with E-state index in [1.54, 1.807) is 0 Å². The quantitative estimate of drug-likeness (QED) is 0.0161. The number of unbranched alkanes of at least 4 members (excludes halogenated alkanes) is 20. The number of hydrogen-bond acceptors (Lipinski definition) is 8. The number of ether oxygens (including phenoxy) is 8. The number of aryl methyl sites for hydroxylation is 4. The van der Waals surface area contributed by atoms with Crippen molar-refractivity contribution in [2.45, 2.75) is 337 Å². The van der Waals surface area contributed by atoms with Gasteiger partial charge in [0.2, 0.25) is 52.5 Å². The van der Waals surface area contributed by atoms with Crippen molar-refractivity contribution in [3.63, 3.8) is 0 Å². The minimum atomic E-state index is -10.7. The average Bonchev–Trinajstić information content (AvgIpc) is 0.841. The van der Waals surface area contributed by atoms with E-state index >= 15 is 0 Å². The van der Waals surface area contributed by atoms with Crippen molar-refractivity contribution in [2.24, 2.45) is 0 Å². The first-order chi connectivity index (χ1) is 63.1. The first kappa shape index (κ1) is 112. The maximum atomic E-state index is 9.87. The van der Waals surface area contributed by atoms with Gasteiger partial charge in [0.1, 0.15) is 122 Å². The molecule has 4 aliphatic heterocycles. The number of benzene rings is 4. The Bertz CT molecular complexity index is 4450. The fourth-order valence-electron chi connectivity index (χ4n) is 18.2. The molecule has 8 bridgehead atoms. The number of hydrogen-bond donors (Lipinski definition) is 0. The monoisotopic (exact) mass is 2060 g/mol. The Kier molecular flexibility index (Phi) is 35.6. The van der Waals surface area contributed by atoms with Crippen molar-refractivity contribution in [1.82, 2.24) is 18.3 Å². The first-order valence-electron chi connectivity index (χ1n) is 47.3. The molecule has 4 aromatic heterocycles. The van der Waals surface area contributed by atoms with Crippen molar-refractivity contribution in [3.8, 4) is 46.0 Å². The van der Waals surface area contributed by atoms with Crippen LogP contribution in [0, 0.1) is 0 Å². The predicted octanol–water partition coefficient (Wildman–Crippen LogP) is 34.2. The topological polar surface area (TPSA) is 109 Å². The Balaban J connectivity index is 0.000000644. The number of rotatable bonds is 44. The Labute approximate surface area is 778 Å². The number of imidazole rings is 4. The summed E-state index contributed by atoms with van der Waals surface area (Å²) in [5.41, 5.74) is 13.7. The summed E-state index contributed by atoms with van der Waals surface area (Å²) in [7, 11) is -42.6. The van der Waals surface area contributed by atoms with Crippen molar-refractivity contribution in [2.75, 3.05) is 27.2 Å². The zero-order chi connectivity index (χ0) is 100. The number of halogens is 24. The molecule has 0 N–H and O–H groups in total. The third kappa shape index (κ3) is 39.3. The summed E-state index contributed by atoms with van der Waals surface area (Å²) in [6, 6.07) is 10.3. The summed E-state index contributed by atoms with van der Waals surface area (Å²) in [6.45, 7) is 24.5. The van der Waals surface area contributed by atoms with E-state index in [2.05, 4.69) is 191 Å². The molecule has 44 heteroatoms. The second-order valence-electron chi connectivity index (χ2n) is 36.0. The van der Waals surface area contributed by atoms with E-state index in [4.69, 9.17) is 37.9 Å². The fourth-order valence-corrected chi connectivity index (χ4v) is 18.2. The van der Waals surface area contributed by atoms with Crippen LogP contribution in [0.4, 0.5) is 101 Å². The van der Waals surface area contributed by atoms with Crippen LogP contribution in [0.1, 0.15) is 351 Å². The van der Waals surface area contributed by atoms with Gasteiger partial charge in [0.15, 0.2) is 0 Å². The van der Waals surface area contributed by atoms with Crippen molar-refractivity contribution < 1.29 is 157 Å². The van der Waals surface area contributed by atoms with Gasteiger partial charge in [-0.3, -0.25) is 0 Å². The van der Waals surface area contributed by atoms with Crippen LogP contribution < -0.4 is 56.2 Å². The van der Waals surface area contributed by atoms with Crippen LogP contribution in [0.25, 0.3) is 0 Å². The summed E-state index contributed by atoms with van der Waals surface area (Å²) >= 11 is 0. The van der Waals surface area contributed by atoms with E-state index in [0.29, 0.717) is 26.2 Å². The first-order valence-corrected chi connectivity index (χ1v) is 55.4. The van der Waals surface area contributed by atoms with Crippen LogP contribution in [0.15, 0.2) is 99.1 Å². The van der Waals surface area contributed by atoms with Gasteiger partial charge in [-0.2, -0.15) is 0 Å². The molecule has 136 heavy (non-hydrogen) atoms. The Morgan fingerprint density at radius 2 is 0.375 bits per heavy atom. The zero-order valence-corrected chi connectivity index (χ0v) is 81.9. The SMILES string of the molecule is CCCCCCn1cc[n+](Cc2c3c4cc5c2OCOc2c(cc6c(c2C[n+]2ccn(CCCCCC)c2)OCOc2c(cc7c(c2C[n+]2ccn(CCCCCC)c2)OCOc2c(cc(c(c2C[n+]2ccn(CCCCCC)c2)OCO3)C4CCCCC)C7CCCCC)C6CCCCC)C5CCCCC)c1.F[P-](F)(F)(F)(F)F.F[P-](F)(F)(F)(F)F.F[P-](F)(F)(F)(F)F.F[P-](F)(F)(F)(F)F. The molecule has 0 amide bonds. The van der Waals surface area contributed by atoms with Crippen LogP contribution in [-0.4, -0.2) is 45.4 Å². The van der Waals surface area contributed by atoms with Gasteiger partial charge in [0.05, 0.1) is 48.4 Å². The molecule has 0 radical (unpaired) electrons. The van der Waals surface area contributed by atoms with Crippen LogP contribution in [0.3, 0.4) is 0 Å². The fraction of sp³-hybridized carbons (Fsp3) is 0.609. The van der Waals surface area contributed by atoms with Gasteiger partial charge in [-0.15, -0.1) is 0 Å². The molecular weight excluding hydrogens is 1920 g/mol. The summed E-state index contributed by atoms with van der Waals surface area (Å²) in [5, 5.41) is 0. The van der Waals surface area contributed by atoms with Gasteiger partial charge in [-0.05, 0) is 101 Å². The Morgan fingerprint density at radius 1 is 0.228 bits per heavy atom. The van der Waals surface area contributed by atoms with Gasteiger partial charge in [0, 0.05) is 68.2 Å². The summed E-state index contributed by atoms with van der Waals surface area (Å²) in [6.07, 6.45) is 62.8. The third-order valence-electron chi connectivity index (χ3n) is 24.0. The minimum absolute atomic E-state index is 0.00926. The van der Waals surface area contributed by atoms with E-state index in [-0.39, 0.29) is 50.8 Å². The van der Waals surface area contributed by atoms with Gasteiger partial charge < -0.3 is 37.9 Å². The van der Waals surface area contributed by atoms with Crippen molar-refractivity contribution in [3.05, 3.63) is 166 Å². The molecule has 0 saturated heterocycles. The van der Waals surface area contributed by atoms with E-state index in [0.717, 1.165) is 223 Å². The van der Waals surface area contributed by atoms with Gasteiger partial charge >= 0.3 is 132 Å². The maximum absolute atomic E-state index is 10.7. The molecule has 0 fully saturated rings. The molecular formula is C92H132F24N8O8P4. The molecule has 0 atom stereocenters. The Hall–Kier alpha value is -7.84. The second-order valence-corrected chi connectivity index (χ2v) is 43.6. The zero-order valence-electron chi connectivity index (χ0n) is 78.4. The van der Waals surface area contributed by atoms with E-state index < -0.39 is 31.2 Å². The molecule has 4 aromatic carbocycles. The number of aromatic nitrogens is 8. The normalized spacial score (nSPS) is 17.9. The number of nitrogens with zero attached hydrogens (tertiary/aromatic N) is 8. The molecule has 776 valence electrons. The summed E-state index contributed by atoms with van der Waals surface area (Å²) in [5.74, 6) is 6.20. The van der Waals surface area contributed by atoms with Crippen LogP contribution in [0.2, 0.25) is 0 Å². The average molecular weight is 2060 g/mol. The summed E-state index contributed by atoms with van der Waals surface area (Å²) < 4.78 is 316. The molecule has 0 spiro atoms. The molecule has 13 rings (SSSR count). The van der Waals surface area contributed by atoms with E-state index in [9.17, 15) is 101 Å². The molecule has 8 aromatic rings. The molecule has 0 unspecified atom stereocenters. The van der Waals surface area contributed by atoms with Gasteiger partial charge in [0.25, 0.3) is 0 Å². The van der Waals surface area contributed by atoms with Crippen LogP contribution in [-0.2, 0) is 52.4 Å². The van der Waals surface area contributed by atoms with Gasteiger partial charge in [-0.25, -0.2) is 36.5 Å². The van der Waals surface area contributed by atoms with Crippen LogP contribution in [0.5, 0.6) is 46.0 Å². The molecule has 0 saturated carbocycles. The predicted molar refractivity (Wildman–Crippen MR) is 480 cm³/mol. The van der Waals surface area contributed by atoms with Crippen LogP contribution >= 0.6 is 31.2 Å². The molecule has 5 aliphatic rings. The molecule has 1 aliphatic carbocycles. The van der Waals surface area contributed by atoms with Crippen molar-refractivity contribution in [1.29, 1.82) is 0 Å². The molecule has 16 nitrogen and oxygen atoms in total. The van der Waals surface area contributed by atoms with Gasteiger partial charge in [-0.1, -0.05) is 184 Å². The molecule has 8 heterocycles.